The number of imidazole rings is 1. The predicted octanol–water partition coefficient (Wildman–Crippen LogP) is 6.04. The van der Waals surface area contributed by atoms with Gasteiger partial charge in [-0.3, -0.25) is 9.00 Å². The third-order valence-corrected chi connectivity index (χ3v) is 13.8. The number of fused-ring (bicyclic) bond motifs is 4. The molecular weight excluding hydrogens is 700 g/mol. The van der Waals surface area contributed by atoms with E-state index in [0.717, 1.165) is 61.7 Å². The largest absolute Gasteiger partial charge is 0.490 e. The molecule has 2 fully saturated rings. The number of allylic oxidation sites excluding steroid dienone is 1. The van der Waals surface area contributed by atoms with Crippen molar-refractivity contribution in [3.05, 3.63) is 89.0 Å². The molecule has 52 heavy (non-hydrogen) atoms. The highest BCUT2D eigenvalue weighted by Gasteiger charge is 2.44. The summed E-state index contributed by atoms with van der Waals surface area (Å²) in [6, 6.07) is 11.5. The molecular formula is C39H47ClN6O5S. The van der Waals surface area contributed by atoms with Crippen LogP contribution in [-0.2, 0) is 27.2 Å². The Bertz CT molecular complexity index is 1940. The minimum absolute atomic E-state index is 0.0753. The lowest BCUT2D eigenvalue weighted by Gasteiger charge is -2.46. The molecule has 2 unspecified atom stereocenters. The summed E-state index contributed by atoms with van der Waals surface area (Å²) in [5, 5.41) is 2.89. The van der Waals surface area contributed by atoms with Gasteiger partial charge in [-0.15, -0.1) is 0 Å². The van der Waals surface area contributed by atoms with E-state index in [9.17, 15) is 13.8 Å². The maximum atomic E-state index is 14.0. The highest BCUT2D eigenvalue weighted by atomic mass is 35.5. The molecule has 3 aliphatic heterocycles. The quantitative estimate of drug-likeness (QED) is 0.248. The molecule has 1 aromatic heterocycles. The molecule has 3 amide bonds. The van der Waals surface area contributed by atoms with Gasteiger partial charge in [0.1, 0.15) is 11.1 Å². The van der Waals surface area contributed by atoms with Crippen LogP contribution in [0, 0.1) is 17.8 Å². The van der Waals surface area contributed by atoms with Crippen LogP contribution >= 0.6 is 11.6 Å². The number of carbonyl (C=O) groups is 2. The summed E-state index contributed by atoms with van der Waals surface area (Å²) < 4.78 is 32.9. The number of urea groups is 1. The molecule has 13 heteroatoms. The van der Waals surface area contributed by atoms with Gasteiger partial charge in [0.15, 0.2) is 0 Å². The Morgan fingerprint density at radius 1 is 1.15 bits per heavy atom. The average molecular weight is 747 g/mol. The van der Waals surface area contributed by atoms with Crippen molar-refractivity contribution in [2.75, 3.05) is 44.8 Å². The Labute approximate surface area is 311 Å². The number of ether oxygens (including phenoxy) is 2. The molecule has 4 heterocycles. The average Bonchev–Trinajstić information content (AvgIpc) is 3.58. The first kappa shape index (κ1) is 35.2. The number of aromatic nitrogens is 2. The van der Waals surface area contributed by atoms with Gasteiger partial charge in [-0.1, -0.05) is 36.7 Å². The van der Waals surface area contributed by atoms with Crippen molar-refractivity contribution in [3.63, 3.8) is 0 Å². The summed E-state index contributed by atoms with van der Waals surface area (Å²) in [6.45, 7) is 5.02. The van der Waals surface area contributed by atoms with Gasteiger partial charge in [0.25, 0.3) is 5.91 Å². The number of likely N-dealkylation sites (tertiary alicyclic amines) is 1. The van der Waals surface area contributed by atoms with Gasteiger partial charge in [0, 0.05) is 61.7 Å². The fourth-order valence-corrected chi connectivity index (χ4v) is 10.3. The number of amides is 3. The standard InChI is InChI=1S/C39H47ClN6O5S/c1-25-5-3-7-34(50-2)31-11-8-28(31)19-46-22-39(14-4-6-26-17-29(40)10-12-32(26)39)23-51-35-13-9-27(18-33(35)46)36(47)43-52(49)37(25)42-38(48)45-20-30(21-45)44-16-15-41-24-44/h3,7,9-10,12-13,15-18,24-25,28,30-31,34,37,52H,4-6,8,11,14,19-23H2,1-2H3,(H,42,48)/b7-3+/t25-,28-,31+,34-,37?,39-/m0/s1. The van der Waals surface area contributed by atoms with Crippen LogP contribution in [0.25, 0.3) is 0 Å². The number of thiol groups is 1. The number of nitrogens with zero attached hydrogens (tertiary/aromatic N) is 5. The number of carbonyl (C=O) groups excluding carboxylic acids is 2. The Morgan fingerprint density at radius 3 is 2.79 bits per heavy atom. The second kappa shape index (κ2) is 14.5. The first-order chi connectivity index (χ1) is 25.2. The molecule has 2 bridgehead atoms. The monoisotopic (exact) mass is 746 g/mol. The summed E-state index contributed by atoms with van der Waals surface area (Å²) in [4.78, 5) is 35.4. The highest BCUT2D eigenvalue weighted by molar-refractivity contribution is 7.76. The topological polar surface area (TPSA) is 118 Å². The minimum atomic E-state index is -2.51. The first-order valence-corrected chi connectivity index (χ1v) is 20.1. The van der Waals surface area contributed by atoms with E-state index >= 15 is 0 Å². The summed E-state index contributed by atoms with van der Waals surface area (Å²) in [7, 11) is -0.741. The number of halogens is 1. The zero-order valence-corrected chi connectivity index (χ0v) is 31.3. The van der Waals surface area contributed by atoms with E-state index < -0.39 is 21.9 Å². The molecule has 8 rings (SSSR count). The number of nitrogens with one attached hydrogen (secondary N) is 1. The summed E-state index contributed by atoms with van der Waals surface area (Å²) in [5.74, 6) is 0.604. The SMILES string of the molecule is CO[C@H]1/C=C/C[C@H](C)C(NC(=O)N2CC(n3ccnc3)C2)/[SH](=O)=N\C(=O)c2ccc3c(c2)N(C[C@@H]2CC[C@H]21)C[C@@]1(CCCc2cc(Cl)ccc21)CO3. The van der Waals surface area contributed by atoms with E-state index in [1.54, 1.807) is 30.6 Å². The second-order valence-corrected chi connectivity index (χ2v) is 17.1. The van der Waals surface area contributed by atoms with Crippen molar-refractivity contribution in [3.8, 4) is 5.75 Å². The lowest BCUT2D eigenvalue weighted by molar-refractivity contribution is 0.0131. The number of aryl methyl sites for hydroxylation is 1. The van der Waals surface area contributed by atoms with Crippen LogP contribution < -0.4 is 15.0 Å². The number of hydrogen-bond donors (Lipinski definition) is 2. The van der Waals surface area contributed by atoms with Gasteiger partial charge in [-0.05, 0) is 97.7 Å². The van der Waals surface area contributed by atoms with Crippen molar-refractivity contribution >= 4 is 39.8 Å². The fourth-order valence-electron chi connectivity index (χ4n) is 8.87. The molecule has 2 aliphatic carbocycles. The van der Waals surface area contributed by atoms with Crippen LogP contribution in [0.2, 0.25) is 5.02 Å². The molecule has 7 atom stereocenters. The van der Waals surface area contributed by atoms with Crippen LogP contribution in [0.4, 0.5) is 10.5 Å². The van der Waals surface area contributed by atoms with Crippen molar-refractivity contribution in [1.29, 1.82) is 0 Å². The summed E-state index contributed by atoms with van der Waals surface area (Å²) in [6.07, 6.45) is 15.2. The molecule has 0 radical (unpaired) electrons. The van der Waals surface area contributed by atoms with E-state index in [1.165, 1.54) is 11.1 Å². The lowest BCUT2D eigenvalue weighted by Crippen LogP contribution is -2.56. The van der Waals surface area contributed by atoms with Gasteiger partial charge in [-0.2, -0.15) is 4.36 Å². The Hall–Kier alpha value is -3.87. The smallest absolute Gasteiger partial charge is 0.318 e. The van der Waals surface area contributed by atoms with Gasteiger partial charge in [0.2, 0.25) is 0 Å². The number of benzene rings is 2. The summed E-state index contributed by atoms with van der Waals surface area (Å²) in [5.41, 5.74) is 3.51. The third-order valence-electron chi connectivity index (χ3n) is 12.1. The number of methoxy groups -OCH3 is 1. The van der Waals surface area contributed by atoms with Crippen LogP contribution in [0.1, 0.15) is 66.6 Å². The molecule has 1 saturated heterocycles. The Morgan fingerprint density at radius 2 is 2.02 bits per heavy atom. The van der Waals surface area contributed by atoms with E-state index in [2.05, 4.69) is 43.8 Å². The molecule has 1 N–H and O–H groups in total. The highest BCUT2D eigenvalue weighted by Crippen LogP contribution is 2.47. The third kappa shape index (κ3) is 6.73. The van der Waals surface area contributed by atoms with Crippen LogP contribution in [0.15, 0.2) is 71.6 Å². The molecule has 1 saturated carbocycles. The van der Waals surface area contributed by atoms with Crippen molar-refractivity contribution < 1.29 is 23.3 Å². The van der Waals surface area contributed by atoms with Crippen LogP contribution in [0.5, 0.6) is 5.75 Å². The van der Waals surface area contributed by atoms with E-state index in [-0.39, 0.29) is 29.5 Å². The van der Waals surface area contributed by atoms with Crippen molar-refractivity contribution in [1.82, 2.24) is 19.8 Å². The van der Waals surface area contributed by atoms with Gasteiger partial charge >= 0.3 is 6.03 Å². The van der Waals surface area contributed by atoms with E-state index in [4.69, 9.17) is 21.1 Å². The normalized spacial score (nSPS) is 31.5. The minimum Gasteiger partial charge on any atom is -0.490 e. The summed E-state index contributed by atoms with van der Waals surface area (Å²) >= 11 is 6.46. The van der Waals surface area contributed by atoms with E-state index in [1.807, 2.05) is 35.9 Å². The number of rotatable bonds is 3. The zero-order valence-electron chi connectivity index (χ0n) is 29.7. The molecule has 1 spiro atoms. The van der Waals surface area contributed by atoms with Crippen molar-refractivity contribution in [2.45, 2.75) is 68.4 Å². The molecule has 2 aromatic carbocycles. The van der Waals surface area contributed by atoms with Gasteiger partial charge < -0.3 is 29.2 Å². The Balaban J connectivity index is 1.12. The Kier molecular flexibility index (Phi) is 9.82. The number of hydrogen-bond acceptors (Lipinski definition) is 7. The zero-order chi connectivity index (χ0) is 36.0. The van der Waals surface area contributed by atoms with Crippen LogP contribution in [-0.4, -0.2) is 82.0 Å². The second-order valence-electron chi connectivity index (χ2n) is 15.3. The van der Waals surface area contributed by atoms with Gasteiger partial charge in [-0.25, -0.2) is 9.78 Å². The molecule has 5 aliphatic rings. The predicted molar refractivity (Wildman–Crippen MR) is 202 cm³/mol. The maximum Gasteiger partial charge on any atom is 0.318 e. The molecule has 276 valence electrons. The molecule has 3 aromatic rings. The fraction of sp³-hybridized carbons (Fsp3) is 0.513. The van der Waals surface area contributed by atoms with Crippen molar-refractivity contribution in [2.24, 2.45) is 22.1 Å². The van der Waals surface area contributed by atoms with Crippen LogP contribution in [0.3, 0.4) is 0 Å². The van der Waals surface area contributed by atoms with Gasteiger partial charge in [0.05, 0.1) is 41.4 Å². The lowest BCUT2D eigenvalue weighted by atomic mass is 9.68. The number of anilines is 1. The van der Waals surface area contributed by atoms with E-state index in [0.29, 0.717) is 43.5 Å². The first-order valence-electron chi connectivity index (χ1n) is 18.5. The maximum absolute atomic E-state index is 14.0. The molecule has 11 nitrogen and oxygen atoms in total.